The number of aromatic nitrogens is 1. The van der Waals surface area contributed by atoms with Crippen LogP contribution in [0.5, 0.6) is 0 Å². The summed E-state index contributed by atoms with van der Waals surface area (Å²) in [6.45, 7) is 4.78. The summed E-state index contributed by atoms with van der Waals surface area (Å²) in [5.74, 6) is -0.185. The van der Waals surface area contributed by atoms with Gasteiger partial charge in [0.25, 0.3) is 5.91 Å². The summed E-state index contributed by atoms with van der Waals surface area (Å²) in [6, 6.07) is 18.4. The number of carbonyl (C=O) groups is 1. The number of amides is 1. The number of carbonyl (C=O) groups excluding carboxylic acids is 1. The van der Waals surface area contributed by atoms with E-state index in [-0.39, 0.29) is 11.7 Å². The van der Waals surface area contributed by atoms with Gasteiger partial charge in [-0.3, -0.25) is 9.78 Å². The second-order valence-corrected chi connectivity index (χ2v) is 6.99. The third kappa shape index (κ3) is 3.74. The number of aryl methyl sites for hydroxylation is 1. The normalized spacial score (nSPS) is 14.2. The lowest BCUT2D eigenvalue weighted by atomic mass is 10.0. The lowest BCUT2D eigenvalue weighted by Gasteiger charge is -2.36. The first kappa shape index (κ1) is 18.2. The Morgan fingerprint density at radius 2 is 1.64 bits per heavy atom. The van der Waals surface area contributed by atoms with E-state index in [1.54, 1.807) is 18.3 Å². The van der Waals surface area contributed by atoms with E-state index in [4.69, 9.17) is 0 Å². The fourth-order valence-electron chi connectivity index (χ4n) is 3.49. The molecule has 3 aromatic rings. The van der Waals surface area contributed by atoms with Crippen molar-refractivity contribution in [3.05, 3.63) is 83.9 Å². The highest BCUT2D eigenvalue weighted by Crippen LogP contribution is 2.26. The minimum Gasteiger partial charge on any atom is -0.368 e. The van der Waals surface area contributed by atoms with Gasteiger partial charge >= 0.3 is 0 Å². The van der Waals surface area contributed by atoms with Gasteiger partial charge in [-0.15, -0.1) is 0 Å². The number of nitrogens with zero attached hydrogens (tertiary/aromatic N) is 3. The lowest BCUT2D eigenvalue weighted by Crippen LogP contribution is -2.48. The number of benzene rings is 2. The maximum Gasteiger partial charge on any atom is 0.255 e. The first-order valence-electron chi connectivity index (χ1n) is 9.44. The number of hydrogen-bond donors (Lipinski definition) is 0. The summed E-state index contributed by atoms with van der Waals surface area (Å²) in [5.41, 5.74) is 4.09. The number of rotatable bonds is 3. The quantitative estimate of drug-likeness (QED) is 0.690. The number of halogens is 1. The highest BCUT2D eigenvalue weighted by atomic mass is 19.1. The largest absolute Gasteiger partial charge is 0.368 e. The van der Waals surface area contributed by atoms with Crippen molar-refractivity contribution in [1.29, 1.82) is 0 Å². The fraction of sp³-hybridized carbons (Fsp3) is 0.217. The van der Waals surface area contributed by atoms with Crippen LogP contribution in [-0.4, -0.2) is 42.0 Å². The van der Waals surface area contributed by atoms with Crippen LogP contribution in [0.4, 0.5) is 10.1 Å². The summed E-state index contributed by atoms with van der Waals surface area (Å²) in [7, 11) is 0. The van der Waals surface area contributed by atoms with Crippen molar-refractivity contribution in [1.82, 2.24) is 9.88 Å². The summed E-state index contributed by atoms with van der Waals surface area (Å²) >= 11 is 0. The monoisotopic (exact) mass is 375 g/mol. The summed E-state index contributed by atoms with van der Waals surface area (Å²) in [6.07, 6.45) is 1.64. The molecule has 5 heteroatoms. The molecule has 1 saturated heterocycles. The van der Waals surface area contributed by atoms with Crippen molar-refractivity contribution >= 4 is 11.6 Å². The molecule has 2 aromatic carbocycles. The molecular weight excluding hydrogens is 353 g/mol. The molecule has 28 heavy (non-hydrogen) atoms. The number of pyridine rings is 1. The van der Waals surface area contributed by atoms with E-state index in [0.29, 0.717) is 24.2 Å². The van der Waals surface area contributed by atoms with Gasteiger partial charge in [0.05, 0.1) is 5.56 Å². The molecule has 0 unspecified atom stereocenters. The molecule has 4 nitrogen and oxygen atoms in total. The number of anilines is 1. The Morgan fingerprint density at radius 1 is 0.929 bits per heavy atom. The van der Waals surface area contributed by atoms with Crippen molar-refractivity contribution in [3.8, 4) is 11.1 Å². The smallest absolute Gasteiger partial charge is 0.255 e. The molecule has 0 saturated carbocycles. The van der Waals surface area contributed by atoms with Gasteiger partial charge in [0.15, 0.2) is 0 Å². The molecule has 0 N–H and O–H groups in total. The van der Waals surface area contributed by atoms with Crippen molar-refractivity contribution in [3.63, 3.8) is 0 Å². The molecule has 0 bridgehead atoms. The molecule has 0 atom stereocenters. The van der Waals surface area contributed by atoms with Crippen LogP contribution < -0.4 is 4.90 Å². The van der Waals surface area contributed by atoms with Gasteiger partial charge in [0.2, 0.25) is 0 Å². The van der Waals surface area contributed by atoms with Crippen LogP contribution in [0.3, 0.4) is 0 Å². The van der Waals surface area contributed by atoms with E-state index < -0.39 is 0 Å². The molecule has 0 spiro atoms. The Hall–Kier alpha value is -3.21. The van der Waals surface area contributed by atoms with Gasteiger partial charge in [-0.05, 0) is 42.8 Å². The Kier molecular flexibility index (Phi) is 5.06. The van der Waals surface area contributed by atoms with Crippen LogP contribution in [0.2, 0.25) is 0 Å². The average molecular weight is 375 g/mol. The third-order valence-electron chi connectivity index (χ3n) is 5.14. The standard InChI is InChI=1S/C23H22FN3O/c1-17-6-7-19(16-25-17)23(28)27-14-12-26(13-15-27)20-10-8-18(9-11-20)21-4-2-3-5-22(21)24/h2-11,16H,12-15H2,1H3. The van der Waals surface area contributed by atoms with Crippen molar-refractivity contribution in [2.45, 2.75) is 6.92 Å². The third-order valence-corrected chi connectivity index (χ3v) is 5.14. The van der Waals surface area contributed by atoms with E-state index >= 15 is 0 Å². The molecule has 0 aliphatic carbocycles. The summed E-state index contributed by atoms with van der Waals surface area (Å²) < 4.78 is 14.0. The molecule has 2 heterocycles. The van der Waals surface area contributed by atoms with E-state index in [0.717, 1.165) is 30.0 Å². The minimum atomic E-state index is -0.215. The van der Waals surface area contributed by atoms with Crippen LogP contribution >= 0.6 is 0 Å². The first-order chi connectivity index (χ1) is 13.6. The van der Waals surface area contributed by atoms with Gasteiger partial charge in [-0.2, -0.15) is 0 Å². The van der Waals surface area contributed by atoms with E-state index in [1.807, 2.05) is 54.3 Å². The van der Waals surface area contributed by atoms with E-state index in [1.165, 1.54) is 6.07 Å². The molecule has 1 aromatic heterocycles. The topological polar surface area (TPSA) is 36.4 Å². The summed E-state index contributed by atoms with van der Waals surface area (Å²) in [5, 5.41) is 0. The molecule has 4 rings (SSSR count). The second-order valence-electron chi connectivity index (χ2n) is 6.99. The van der Waals surface area contributed by atoms with Crippen LogP contribution in [0.25, 0.3) is 11.1 Å². The Morgan fingerprint density at radius 3 is 2.29 bits per heavy atom. The van der Waals surface area contributed by atoms with Gasteiger partial charge in [0.1, 0.15) is 5.82 Å². The highest BCUT2D eigenvalue weighted by Gasteiger charge is 2.22. The Bertz CT molecular complexity index is 962. The number of hydrogen-bond acceptors (Lipinski definition) is 3. The van der Waals surface area contributed by atoms with Crippen LogP contribution in [0.1, 0.15) is 16.1 Å². The molecule has 1 fully saturated rings. The SMILES string of the molecule is Cc1ccc(C(=O)N2CCN(c3ccc(-c4ccccc4F)cc3)CC2)cn1. The zero-order valence-corrected chi connectivity index (χ0v) is 15.8. The van der Waals surface area contributed by atoms with Gasteiger partial charge in [0, 0.05) is 49.3 Å². The first-order valence-corrected chi connectivity index (χ1v) is 9.44. The zero-order valence-electron chi connectivity index (χ0n) is 15.8. The number of piperazine rings is 1. The fourth-order valence-corrected chi connectivity index (χ4v) is 3.49. The Labute approximate surface area is 164 Å². The van der Waals surface area contributed by atoms with Crippen LogP contribution in [-0.2, 0) is 0 Å². The molecule has 1 aliphatic heterocycles. The van der Waals surface area contributed by atoms with Crippen molar-refractivity contribution < 1.29 is 9.18 Å². The average Bonchev–Trinajstić information content (AvgIpc) is 2.74. The summed E-state index contributed by atoms with van der Waals surface area (Å²) in [4.78, 5) is 21.0. The second kappa shape index (κ2) is 7.80. The maximum absolute atomic E-state index is 14.0. The van der Waals surface area contributed by atoms with Gasteiger partial charge in [-0.25, -0.2) is 4.39 Å². The van der Waals surface area contributed by atoms with Crippen LogP contribution in [0.15, 0.2) is 66.9 Å². The van der Waals surface area contributed by atoms with E-state index in [9.17, 15) is 9.18 Å². The minimum absolute atomic E-state index is 0.0297. The lowest BCUT2D eigenvalue weighted by molar-refractivity contribution is 0.0746. The maximum atomic E-state index is 14.0. The predicted octanol–water partition coefficient (Wildman–Crippen LogP) is 4.16. The molecule has 1 aliphatic rings. The van der Waals surface area contributed by atoms with Gasteiger partial charge < -0.3 is 9.80 Å². The van der Waals surface area contributed by atoms with Crippen molar-refractivity contribution in [2.24, 2.45) is 0 Å². The molecule has 0 radical (unpaired) electrons. The van der Waals surface area contributed by atoms with Crippen molar-refractivity contribution in [2.75, 3.05) is 31.1 Å². The zero-order chi connectivity index (χ0) is 19.5. The van der Waals surface area contributed by atoms with E-state index in [2.05, 4.69) is 9.88 Å². The predicted molar refractivity (Wildman–Crippen MR) is 109 cm³/mol. The molecule has 142 valence electrons. The highest BCUT2D eigenvalue weighted by molar-refractivity contribution is 5.94. The van der Waals surface area contributed by atoms with Crippen LogP contribution in [0, 0.1) is 12.7 Å². The van der Waals surface area contributed by atoms with Gasteiger partial charge in [-0.1, -0.05) is 30.3 Å². The molecular formula is C23H22FN3O. The Balaban J connectivity index is 1.40. The molecule has 1 amide bonds.